The Morgan fingerprint density at radius 2 is 2.12 bits per heavy atom. The lowest BCUT2D eigenvalue weighted by Gasteiger charge is -2.40. The molecule has 1 aromatic heterocycles. The Hall–Kier alpha value is -1.98. The quantitative estimate of drug-likeness (QED) is 0.856. The van der Waals surface area contributed by atoms with Crippen molar-refractivity contribution in [2.75, 3.05) is 20.2 Å². The van der Waals surface area contributed by atoms with Gasteiger partial charge in [-0.3, -0.25) is 9.69 Å². The van der Waals surface area contributed by atoms with Crippen LogP contribution in [-0.4, -0.2) is 35.7 Å². The van der Waals surface area contributed by atoms with Crippen LogP contribution < -0.4 is 5.56 Å². The van der Waals surface area contributed by atoms with Gasteiger partial charge >= 0.3 is 0 Å². The first-order chi connectivity index (χ1) is 11.5. The van der Waals surface area contributed by atoms with Gasteiger partial charge in [-0.25, -0.2) is 4.39 Å². The molecule has 5 heteroatoms. The fraction of sp³-hybridized carbons (Fsp3) is 0.421. The molecule has 4 nitrogen and oxygen atoms in total. The third-order valence-corrected chi connectivity index (χ3v) is 5.00. The Morgan fingerprint density at radius 1 is 1.38 bits per heavy atom. The number of methoxy groups -OCH3 is 1. The molecule has 0 aliphatic carbocycles. The number of ether oxygens (including phenoxy) is 1. The molecule has 1 aliphatic heterocycles. The second-order valence-corrected chi connectivity index (χ2v) is 6.51. The van der Waals surface area contributed by atoms with E-state index in [1.807, 2.05) is 12.1 Å². The Labute approximate surface area is 140 Å². The minimum absolute atomic E-state index is 0.119. The van der Waals surface area contributed by atoms with Gasteiger partial charge in [0.1, 0.15) is 5.82 Å². The Balaban J connectivity index is 1.74. The highest BCUT2D eigenvalue weighted by Crippen LogP contribution is 2.30. The Bertz CT molecular complexity index is 792. The Kier molecular flexibility index (Phi) is 4.83. The SMILES string of the molecule is C=CCC1(OC)CCN(Cc2cc3ccc(F)cc3[nH]c2=O)CC1. The zero-order chi connectivity index (χ0) is 17.2. The van der Waals surface area contributed by atoms with E-state index in [1.54, 1.807) is 13.2 Å². The fourth-order valence-corrected chi connectivity index (χ4v) is 3.45. The van der Waals surface area contributed by atoms with Gasteiger partial charge < -0.3 is 9.72 Å². The molecule has 24 heavy (non-hydrogen) atoms. The van der Waals surface area contributed by atoms with Gasteiger partial charge in [0, 0.05) is 32.3 Å². The number of hydrogen-bond donors (Lipinski definition) is 1. The molecule has 1 aromatic carbocycles. The maximum absolute atomic E-state index is 13.3. The Morgan fingerprint density at radius 3 is 2.79 bits per heavy atom. The van der Waals surface area contributed by atoms with Crippen molar-refractivity contribution >= 4 is 10.9 Å². The number of benzene rings is 1. The number of H-pyrrole nitrogens is 1. The smallest absolute Gasteiger partial charge is 0.252 e. The third-order valence-electron chi connectivity index (χ3n) is 5.00. The average molecular weight is 330 g/mol. The second-order valence-electron chi connectivity index (χ2n) is 6.51. The van der Waals surface area contributed by atoms with Crippen LogP contribution in [0.15, 0.2) is 41.7 Å². The van der Waals surface area contributed by atoms with Crippen molar-refractivity contribution in [2.24, 2.45) is 0 Å². The summed E-state index contributed by atoms with van der Waals surface area (Å²) in [6.45, 7) is 6.16. The maximum atomic E-state index is 13.3. The van der Waals surface area contributed by atoms with E-state index in [2.05, 4.69) is 16.5 Å². The number of halogens is 1. The molecule has 128 valence electrons. The number of aromatic nitrogens is 1. The molecule has 0 bridgehead atoms. The summed E-state index contributed by atoms with van der Waals surface area (Å²) in [5, 5.41) is 0.848. The van der Waals surface area contributed by atoms with E-state index in [4.69, 9.17) is 4.74 Å². The first kappa shape index (κ1) is 16.9. The number of rotatable bonds is 5. The van der Waals surface area contributed by atoms with E-state index in [0.29, 0.717) is 17.6 Å². The lowest BCUT2D eigenvalue weighted by molar-refractivity contribution is -0.0559. The zero-order valence-electron chi connectivity index (χ0n) is 14.0. The topological polar surface area (TPSA) is 45.3 Å². The van der Waals surface area contributed by atoms with Crippen molar-refractivity contribution in [3.05, 3.63) is 58.7 Å². The lowest BCUT2D eigenvalue weighted by atomic mass is 9.88. The third kappa shape index (κ3) is 3.42. The van der Waals surface area contributed by atoms with Gasteiger partial charge in [0.05, 0.1) is 11.1 Å². The molecule has 3 rings (SSSR count). The minimum Gasteiger partial charge on any atom is -0.378 e. The highest BCUT2D eigenvalue weighted by atomic mass is 19.1. The van der Waals surface area contributed by atoms with E-state index in [0.717, 1.165) is 37.7 Å². The van der Waals surface area contributed by atoms with Crippen LogP contribution in [0.3, 0.4) is 0 Å². The molecule has 2 heterocycles. The number of nitrogens with one attached hydrogen (secondary N) is 1. The predicted molar refractivity (Wildman–Crippen MR) is 93.6 cm³/mol. The van der Waals surface area contributed by atoms with E-state index in [-0.39, 0.29) is 17.0 Å². The summed E-state index contributed by atoms with van der Waals surface area (Å²) in [5.74, 6) is -0.347. The van der Waals surface area contributed by atoms with Crippen molar-refractivity contribution in [1.82, 2.24) is 9.88 Å². The number of fused-ring (bicyclic) bond motifs is 1. The molecular formula is C19H23FN2O2. The van der Waals surface area contributed by atoms with Gasteiger partial charge in [-0.1, -0.05) is 6.08 Å². The van der Waals surface area contributed by atoms with Crippen molar-refractivity contribution in [3.63, 3.8) is 0 Å². The fourth-order valence-electron chi connectivity index (χ4n) is 3.45. The largest absolute Gasteiger partial charge is 0.378 e. The summed E-state index contributed by atoms with van der Waals surface area (Å²) in [4.78, 5) is 17.3. The summed E-state index contributed by atoms with van der Waals surface area (Å²) < 4.78 is 19.0. The molecule has 0 radical (unpaired) electrons. The van der Waals surface area contributed by atoms with Crippen LogP contribution in [0.4, 0.5) is 4.39 Å². The maximum Gasteiger partial charge on any atom is 0.252 e. The van der Waals surface area contributed by atoms with E-state index >= 15 is 0 Å². The van der Waals surface area contributed by atoms with Gasteiger partial charge in [0.25, 0.3) is 5.56 Å². The van der Waals surface area contributed by atoms with E-state index in [9.17, 15) is 9.18 Å². The highest BCUT2D eigenvalue weighted by molar-refractivity contribution is 5.78. The van der Waals surface area contributed by atoms with Crippen molar-refractivity contribution in [3.8, 4) is 0 Å². The highest BCUT2D eigenvalue weighted by Gasteiger charge is 2.33. The molecule has 2 aromatic rings. The van der Waals surface area contributed by atoms with Crippen molar-refractivity contribution in [1.29, 1.82) is 0 Å². The van der Waals surface area contributed by atoms with Crippen LogP contribution in [0.25, 0.3) is 10.9 Å². The molecule has 0 spiro atoms. The van der Waals surface area contributed by atoms with Crippen molar-refractivity contribution in [2.45, 2.75) is 31.4 Å². The summed E-state index contributed by atoms with van der Waals surface area (Å²) in [5.41, 5.74) is 0.975. The molecule has 0 amide bonds. The first-order valence-electron chi connectivity index (χ1n) is 8.25. The monoisotopic (exact) mass is 330 g/mol. The van der Waals surface area contributed by atoms with Crippen LogP contribution >= 0.6 is 0 Å². The molecule has 1 aliphatic rings. The number of piperidine rings is 1. The van der Waals surface area contributed by atoms with E-state index < -0.39 is 0 Å². The van der Waals surface area contributed by atoms with Crippen LogP contribution in [0, 0.1) is 5.82 Å². The summed E-state index contributed by atoms with van der Waals surface area (Å²) in [7, 11) is 1.76. The average Bonchev–Trinajstić information content (AvgIpc) is 2.58. The summed E-state index contributed by atoms with van der Waals surface area (Å²) in [6.07, 6.45) is 4.60. The molecule has 1 N–H and O–H groups in total. The van der Waals surface area contributed by atoms with Gasteiger partial charge in [-0.05, 0) is 48.9 Å². The normalized spacial score (nSPS) is 17.9. The van der Waals surface area contributed by atoms with Crippen LogP contribution in [0.2, 0.25) is 0 Å². The number of likely N-dealkylation sites (tertiary alicyclic amines) is 1. The molecule has 0 unspecified atom stereocenters. The number of hydrogen-bond acceptors (Lipinski definition) is 3. The van der Waals surface area contributed by atoms with Gasteiger partial charge in [-0.2, -0.15) is 0 Å². The molecule has 1 fully saturated rings. The second kappa shape index (κ2) is 6.87. The van der Waals surface area contributed by atoms with E-state index in [1.165, 1.54) is 12.1 Å². The molecule has 0 saturated carbocycles. The van der Waals surface area contributed by atoms with Gasteiger partial charge in [0.2, 0.25) is 0 Å². The van der Waals surface area contributed by atoms with Crippen LogP contribution in [-0.2, 0) is 11.3 Å². The zero-order valence-corrected chi connectivity index (χ0v) is 14.0. The van der Waals surface area contributed by atoms with Crippen LogP contribution in [0.5, 0.6) is 0 Å². The minimum atomic E-state index is -0.347. The lowest BCUT2D eigenvalue weighted by Crippen LogP contribution is -2.45. The predicted octanol–water partition coefficient (Wildman–Crippen LogP) is 3.22. The summed E-state index contributed by atoms with van der Waals surface area (Å²) in [6, 6.07) is 6.31. The molecular weight excluding hydrogens is 307 g/mol. The molecule has 0 atom stereocenters. The van der Waals surface area contributed by atoms with Crippen molar-refractivity contribution < 1.29 is 9.13 Å². The van der Waals surface area contributed by atoms with Gasteiger partial charge in [0.15, 0.2) is 0 Å². The number of pyridine rings is 1. The molecule has 1 saturated heterocycles. The standard InChI is InChI=1S/C19H23FN2O2/c1-3-6-19(24-2)7-9-22(10-8-19)13-15-11-14-4-5-16(20)12-17(14)21-18(15)23/h3-5,11-12H,1,6-10,13H2,2H3,(H,21,23). The summed E-state index contributed by atoms with van der Waals surface area (Å²) >= 11 is 0. The first-order valence-corrected chi connectivity index (χ1v) is 8.25. The van der Waals surface area contributed by atoms with Crippen LogP contribution in [0.1, 0.15) is 24.8 Å². The number of aromatic amines is 1. The number of nitrogens with zero attached hydrogens (tertiary/aromatic N) is 1. The van der Waals surface area contributed by atoms with Gasteiger partial charge in [-0.15, -0.1) is 6.58 Å².